The van der Waals surface area contributed by atoms with Gasteiger partial charge in [-0.25, -0.2) is 0 Å². The molecule has 140 valence electrons. The normalized spacial score (nSPS) is 10.9. The fourth-order valence-corrected chi connectivity index (χ4v) is 5.45. The summed E-state index contributed by atoms with van der Waals surface area (Å²) >= 11 is 3.70. The van der Waals surface area contributed by atoms with Crippen molar-refractivity contribution in [2.75, 3.05) is 0 Å². The van der Waals surface area contributed by atoms with Gasteiger partial charge in [0.2, 0.25) is 0 Å². The molecule has 0 N–H and O–H groups in total. The van der Waals surface area contributed by atoms with Gasteiger partial charge >= 0.3 is 0 Å². The monoisotopic (exact) mass is 408 g/mol. The third-order valence-corrected chi connectivity index (χ3v) is 7.43. The van der Waals surface area contributed by atoms with Crippen LogP contribution in [-0.4, -0.2) is 0 Å². The molecule has 0 saturated heterocycles. The summed E-state index contributed by atoms with van der Waals surface area (Å²) in [6, 6.07) is 37.2. The summed E-state index contributed by atoms with van der Waals surface area (Å²) in [5, 5.41) is 0. The molecule has 29 heavy (non-hydrogen) atoms. The molecule has 0 spiro atoms. The molecule has 0 amide bonds. The van der Waals surface area contributed by atoms with E-state index in [0.29, 0.717) is 0 Å². The van der Waals surface area contributed by atoms with E-state index in [9.17, 15) is 0 Å². The maximum absolute atomic E-state index is 2.24. The van der Waals surface area contributed by atoms with Gasteiger partial charge in [0, 0.05) is 19.5 Å². The Morgan fingerprint density at radius 2 is 0.724 bits per heavy atom. The number of hydrogen-bond donors (Lipinski definition) is 0. The average Bonchev–Trinajstić information content (AvgIpc) is 3.46. The van der Waals surface area contributed by atoms with Gasteiger partial charge in [-0.1, -0.05) is 84.4 Å². The molecule has 0 aliphatic heterocycles. The van der Waals surface area contributed by atoms with Crippen LogP contribution >= 0.6 is 22.7 Å². The zero-order valence-corrected chi connectivity index (χ0v) is 17.8. The smallest absolute Gasteiger partial charge is 0.0349 e. The minimum Gasteiger partial charge on any atom is -0.135 e. The van der Waals surface area contributed by atoms with Gasteiger partial charge < -0.3 is 0 Å². The van der Waals surface area contributed by atoms with E-state index in [2.05, 4.69) is 110 Å². The molecule has 0 nitrogen and oxygen atoms in total. The standard InChI is InChI=1S/C27H20S2/c1-19-7-9-21(10-8-19)25-17-18-27(29-25)23-13-11-22(12-14-23)26-16-15-24(28-26)20-5-3-2-4-6-20/h2-18H,1H3. The Bertz CT molecular complexity index is 1220. The van der Waals surface area contributed by atoms with Crippen molar-refractivity contribution in [2.24, 2.45) is 0 Å². The number of rotatable bonds is 4. The first-order valence-electron chi connectivity index (χ1n) is 9.69. The van der Waals surface area contributed by atoms with Crippen molar-refractivity contribution < 1.29 is 0 Å². The van der Waals surface area contributed by atoms with Crippen LogP contribution in [0.2, 0.25) is 0 Å². The van der Waals surface area contributed by atoms with E-state index < -0.39 is 0 Å². The summed E-state index contributed by atoms with van der Waals surface area (Å²) in [7, 11) is 0. The van der Waals surface area contributed by atoms with Crippen LogP contribution in [0.3, 0.4) is 0 Å². The van der Waals surface area contributed by atoms with Crippen molar-refractivity contribution in [3.63, 3.8) is 0 Å². The second kappa shape index (κ2) is 7.82. The second-order valence-corrected chi connectivity index (χ2v) is 9.30. The Morgan fingerprint density at radius 3 is 1.14 bits per heavy atom. The van der Waals surface area contributed by atoms with E-state index >= 15 is 0 Å². The van der Waals surface area contributed by atoms with Crippen LogP contribution in [-0.2, 0) is 0 Å². The molecule has 0 radical (unpaired) electrons. The maximum Gasteiger partial charge on any atom is 0.0349 e. The molecule has 3 aromatic carbocycles. The molecular weight excluding hydrogens is 388 g/mol. The lowest BCUT2D eigenvalue weighted by atomic mass is 10.1. The first kappa shape index (κ1) is 18.1. The van der Waals surface area contributed by atoms with Crippen molar-refractivity contribution in [2.45, 2.75) is 6.92 Å². The summed E-state index contributed by atoms with van der Waals surface area (Å²) in [6.07, 6.45) is 0. The molecule has 0 aliphatic rings. The van der Waals surface area contributed by atoms with Crippen LogP contribution in [0.15, 0.2) is 103 Å². The molecule has 0 atom stereocenters. The fraction of sp³-hybridized carbons (Fsp3) is 0.0370. The van der Waals surface area contributed by atoms with Crippen LogP contribution in [0.1, 0.15) is 5.56 Å². The van der Waals surface area contributed by atoms with E-state index in [1.807, 2.05) is 22.7 Å². The molecule has 0 fully saturated rings. The minimum absolute atomic E-state index is 1.27. The molecule has 5 aromatic rings. The van der Waals surface area contributed by atoms with E-state index in [1.54, 1.807) is 0 Å². The first-order chi connectivity index (χ1) is 14.3. The van der Waals surface area contributed by atoms with Gasteiger partial charge in [0.05, 0.1) is 0 Å². The quantitative estimate of drug-likeness (QED) is 0.279. The zero-order valence-electron chi connectivity index (χ0n) is 16.1. The van der Waals surface area contributed by atoms with Crippen LogP contribution < -0.4 is 0 Å². The average molecular weight is 409 g/mol. The predicted octanol–water partition coefficient (Wildman–Crippen LogP) is 8.79. The molecule has 0 aliphatic carbocycles. The van der Waals surface area contributed by atoms with Crippen LogP contribution in [0.5, 0.6) is 0 Å². The van der Waals surface area contributed by atoms with Crippen molar-refractivity contribution in [1.29, 1.82) is 0 Å². The van der Waals surface area contributed by atoms with E-state index in [1.165, 1.54) is 47.3 Å². The highest BCUT2D eigenvalue weighted by Gasteiger charge is 2.08. The van der Waals surface area contributed by atoms with Gasteiger partial charge in [-0.3, -0.25) is 0 Å². The molecular formula is C27H20S2. The Balaban J connectivity index is 1.38. The van der Waals surface area contributed by atoms with Gasteiger partial charge in [-0.2, -0.15) is 0 Å². The highest BCUT2D eigenvalue weighted by Crippen LogP contribution is 2.37. The first-order valence-corrected chi connectivity index (χ1v) is 11.3. The number of thiophene rings is 2. The van der Waals surface area contributed by atoms with Crippen LogP contribution in [0, 0.1) is 6.92 Å². The zero-order chi connectivity index (χ0) is 19.6. The lowest BCUT2D eigenvalue weighted by Crippen LogP contribution is -1.74. The summed E-state index contributed by atoms with van der Waals surface area (Å²) in [5.74, 6) is 0. The highest BCUT2D eigenvalue weighted by molar-refractivity contribution is 7.19. The van der Waals surface area contributed by atoms with E-state index in [4.69, 9.17) is 0 Å². The Labute approximate surface area is 179 Å². The van der Waals surface area contributed by atoms with Crippen LogP contribution in [0.4, 0.5) is 0 Å². The Hall–Kier alpha value is -2.94. The summed E-state index contributed by atoms with van der Waals surface area (Å²) in [5.41, 5.74) is 6.41. The molecule has 2 heterocycles. The largest absolute Gasteiger partial charge is 0.135 e. The van der Waals surface area contributed by atoms with Gasteiger partial charge in [0.25, 0.3) is 0 Å². The molecule has 0 unspecified atom stereocenters. The SMILES string of the molecule is Cc1ccc(-c2ccc(-c3ccc(-c4ccc(-c5ccccc5)s4)cc3)s2)cc1. The number of hydrogen-bond acceptors (Lipinski definition) is 2. The minimum atomic E-state index is 1.27. The third-order valence-electron chi connectivity index (χ3n) is 5.06. The number of aryl methyl sites for hydroxylation is 1. The van der Waals surface area contributed by atoms with Crippen molar-refractivity contribution in [3.05, 3.63) is 109 Å². The summed E-state index contributed by atoms with van der Waals surface area (Å²) in [4.78, 5) is 5.24. The summed E-state index contributed by atoms with van der Waals surface area (Å²) < 4.78 is 0. The van der Waals surface area contributed by atoms with Gasteiger partial charge in [0.15, 0.2) is 0 Å². The molecule has 5 rings (SSSR count). The van der Waals surface area contributed by atoms with Crippen LogP contribution in [0.25, 0.3) is 41.8 Å². The van der Waals surface area contributed by atoms with Crippen molar-refractivity contribution in [3.8, 4) is 41.8 Å². The van der Waals surface area contributed by atoms with Gasteiger partial charge in [-0.15, -0.1) is 22.7 Å². The molecule has 2 aromatic heterocycles. The number of benzene rings is 3. The third kappa shape index (κ3) is 3.82. The molecule has 0 bridgehead atoms. The van der Waals surface area contributed by atoms with E-state index in [0.717, 1.165) is 0 Å². The fourth-order valence-electron chi connectivity index (χ4n) is 3.42. The lowest BCUT2D eigenvalue weighted by Gasteiger charge is -2.02. The van der Waals surface area contributed by atoms with Crippen molar-refractivity contribution in [1.82, 2.24) is 0 Å². The molecule has 0 saturated carbocycles. The lowest BCUT2D eigenvalue weighted by molar-refractivity contribution is 1.48. The Morgan fingerprint density at radius 1 is 0.379 bits per heavy atom. The van der Waals surface area contributed by atoms with E-state index in [-0.39, 0.29) is 0 Å². The van der Waals surface area contributed by atoms with Gasteiger partial charge in [0.1, 0.15) is 0 Å². The molecule has 2 heteroatoms. The highest BCUT2D eigenvalue weighted by atomic mass is 32.1. The summed E-state index contributed by atoms with van der Waals surface area (Å²) in [6.45, 7) is 2.13. The van der Waals surface area contributed by atoms with Gasteiger partial charge in [-0.05, 0) is 53.4 Å². The topological polar surface area (TPSA) is 0 Å². The second-order valence-electron chi connectivity index (χ2n) is 7.14. The van der Waals surface area contributed by atoms with Crippen molar-refractivity contribution >= 4 is 22.7 Å². The predicted molar refractivity (Wildman–Crippen MR) is 129 cm³/mol. The maximum atomic E-state index is 2.24. The Kier molecular flexibility index (Phi) is 4.89.